The molecule has 230 valence electrons. The zero-order chi connectivity index (χ0) is 30.7. The first-order valence-corrected chi connectivity index (χ1v) is 15.3. The van der Waals surface area contributed by atoms with Crippen LogP contribution >= 0.6 is 0 Å². The fourth-order valence-electron chi connectivity index (χ4n) is 6.15. The molecule has 3 aromatic rings. The van der Waals surface area contributed by atoms with Crippen LogP contribution in [0.5, 0.6) is 11.5 Å². The van der Waals surface area contributed by atoms with Crippen LogP contribution in [0.15, 0.2) is 66.7 Å². The monoisotopic (exact) mass is 598 g/mol. The molecule has 1 saturated carbocycles. The van der Waals surface area contributed by atoms with E-state index in [-0.39, 0.29) is 37.4 Å². The van der Waals surface area contributed by atoms with Crippen molar-refractivity contribution in [2.24, 2.45) is 5.92 Å². The molecular weight excluding hydrogens is 560 g/mol. The second kappa shape index (κ2) is 12.6. The summed E-state index contributed by atoms with van der Waals surface area (Å²) in [6.07, 6.45) is 6.86. The van der Waals surface area contributed by atoms with Gasteiger partial charge in [0.1, 0.15) is 29.2 Å². The Balaban J connectivity index is 1.30. The Hall–Kier alpha value is -4.60. The number of rotatable bonds is 6. The van der Waals surface area contributed by atoms with Crippen LogP contribution in [0.4, 0.5) is 4.79 Å². The first-order chi connectivity index (χ1) is 21.4. The second-order valence-corrected chi connectivity index (χ2v) is 11.5. The molecule has 10 nitrogen and oxygen atoms in total. The third-order valence-corrected chi connectivity index (χ3v) is 8.61. The summed E-state index contributed by atoms with van der Waals surface area (Å²) in [5.74, 6) is 0.310. The highest BCUT2D eigenvalue weighted by Crippen LogP contribution is 2.46. The molecule has 10 heteroatoms. The SMILES string of the molecule is CCOC(=O)C12CC1/C=C\CCCCNC(=O)N1CC(Oc3cc(-c4ccccc4)nc4cc(OC)ccc34)CC1C(=O)N2. The van der Waals surface area contributed by atoms with Crippen LogP contribution in [0.1, 0.15) is 39.0 Å². The average molecular weight is 599 g/mol. The molecular formula is C34H38N4O6. The quantitative estimate of drug-likeness (QED) is 0.314. The van der Waals surface area contributed by atoms with Crippen LogP contribution in [0.3, 0.4) is 0 Å². The molecule has 2 aliphatic heterocycles. The molecule has 3 aliphatic rings. The van der Waals surface area contributed by atoms with Gasteiger partial charge in [0.2, 0.25) is 5.91 Å². The van der Waals surface area contributed by atoms with Crippen LogP contribution in [-0.2, 0) is 14.3 Å². The fraction of sp³-hybridized carbons (Fsp3) is 0.412. The highest BCUT2D eigenvalue weighted by atomic mass is 16.5. The number of nitrogens with one attached hydrogen (secondary N) is 2. The maximum atomic E-state index is 13.8. The van der Waals surface area contributed by atoms with Gasteiger partial charge in [-0.25, -0.2) is 14.6 Å². The molecule has 2 N–H and O–H groups in total. The first-order valence-electron chi connectivity index (χ1n) is 15.3. The van der Waals surface area contributed by atoms with Crippen molar-refractivity contribution in [3.63, 3.8) is 0 Å². The molecule has 1 aliphatic carbocycles. The van der Waals surface area contributed by atoms with E-state index < -0.39 is 23.7 Å². The Morgan fingerprint density at radius 2 is 1.95 bits per heavy atom. The number of methoxy groups -OCH3 is 1. The Morgan fingerprint density at radius 3 is 2.75 bits per heavy atom. The van der Waals surface area contributed by atoms with E-state index in [4.69, 9.17) is 19.2 Å². The first kappa shape index (κ1) is 29.5. The number of carbonyl (C=O) groups is 3. The number of hydrogen-bond acceptors (Lipinski definition) is 7. The molecule has 44 heavy (non-hydrogen) atoms. The lowest BCUT2D eigenvalue weighted by atomic mass is 10.1. The van der Waals surface area contributed by atoms with Crippen molar-refractivity contribution in [3.05, 3.63) is 66.7 Å². The zero-order valence-corrected chi connectivity index (χ0v) is 25.1. The molecule has 0 spiro atoms. The number of esters is 1. The number of benzene rings is 2. The number of amides is 3. The lowest BCUT2D eigenvalue weighted by molar-refractivity contribution is -0.149. The lowest BCUT2D eigenvalue weighted by Gasteiger charge is -2.26. The zero-order valence-electron chi connectivity index (χ0n) is 25.1. The number of nitrogens with zero attached hydrogens (tertiary/aromatic N) is 2. The van der Waals surface area contributed by atoms with Crippen LogP contribution in [-0.4, -0.2) is 72.3 Å². The van der Waals surface area contributed by atoms with Crippen molar-refractivity contribution in [1.82, 2.24) is 20.5 Å². The summed E-state index contributed by atoms with van der Waals surface area (Å²) in [6, 6.07) is 16.2. The molecule has 6 rings (SSSR count). The van der Waals surface area contributed by atoms with E-state index in [2.05, 4.69) is 16.7 Å². The average Bonchev–Trinajstić information content (AvgIpc) is 3.57. The summed E-state index contributed by atoms with van der Waals surface area (Å²) in [5.41, 5.74) is 1.26. The smallest absolute Gasteiger partial charge is 0.332 e. The topological polar surface area (TPSA) is 119 Å². The van der Waals surface area contributed by atoms with E-state index >= 15 is 0 Å². The Bertz CT molecular complexity index is 1580. The number of aromatic nitrogens is 1. The van der Waals surface area contributed by atoms with Gasteiger partial charge in [0.05, 0.1) is 31.5 Å². The molecule has 2 aromatic carbocycles. The second-order valence-electron chi connectivity index (χ2n) is 11.5. The fourth-order valence-corrected chi connectivity index (χ4v) is 6.15. The van der Waals surface area contributed by atoms with E-state index in [0.29, 0.717) is 30.0 Å². The third kappa shape index (κ3) is 5.93. The highest BCUT2D eigenvalue weighted by Gasteiger charge is 2.62. The Labute approximate surface area is 256 Å². The minimum Gasteiger partial charge on any atom is -0.497 e. The number of fused-ring (bicyclic) bond motifs is 3. The summed E-state index contributed by atoms with van der Waals surface area (Å²) >= 11 is 0. The summed E-state index contributed by atoms with van der Waals surface area (Å²) in [5, 5.41) is 6.75. The van der Waals surface area contributed by atoms with Crippen molar-refractivity contribution in [2.45, 2.75) is 56.7 Å². The predicted molar refractivity (Wildman–Crippen MR) is 165 cm³/mol. The van der Waals surface area contributed by atoms with E-state index in [9.17, 15) is 14.4 Å². The van der Waals surface area contributed by atoms with Crippen molar-refractivity contribution in [1.29, 1.82) is 0 Å². The summed E-state index contributed by atoms with van der Waals surface area (Å²) in [7, 11) is 1.61. The summed E-state index contributed by atoms with van der Waals surface area (Å²) in [6.45, 7) is 2.69. The number of ether oxygens (including phenoxy) is 3. The number of carbonyl (C=O) groups excluding carboxylic acids is 3. The van der Waals surface area contributed by atoms with Gasteiger partial charge in [-0.05, 0) is 44.7 Å². The van der Waals surface area contributed by atoms with Gasteiger partial charge in [-0.3, -0.25) is 4.79 Å². The Morgan fingerprint density at radius 1 is 1.11 bits per heavy atom. The maximum absolute atomic E-state index is 13.8. The molecule has 3 amide bonds. The van der Waals surface area contributed by atoms with Gasteiger partial charge in [0.15, 0.2) is 0 Å². The number of urea groups is 1. The predicted octanol–water partition coefficient (Wildman–Crippen LogP) is 4.62. The Kier molecular flexibility index (Phi) is 8.41. The molecule has 3 heterocycles. The molecule has 1 saturated heterocycles. The van der Waals surface area contributed by atoms with Crippen LogP contribution in [0.2, 0.25) is 0 Å². The number of hydrogen-bond donors (Lipinski definition) is 2. The lowest BCUT2D eigenvalue weighted by Crippen LogP contribution is -2.54. The molecule has 0 bridgehead atoms. The van der Waals surface area contributed by atoms with Crippen LogP contribution in [0.25, 0.3) is 22.2 Å². The van der Waals surface area contributed by atoms with Crippen molar-refractivity contribution >= 4 is 28.8 Å². The maximum Gasteiger partial charge on any atom is 0.332 e. The van der Waals surface area contributed by atoms with E-state index in [1.54, 1.807) is 14.0 Å². The van der Waals surface area contributed by atoms with E-state index in [0.717, 1.165) is 35.9 Å². The summed E-state index contributed by atoms with van der Waals surface area (Å²) in [4.78, 5) is 46.7. The minimum absolute atomic E-state index is 0.138. The standard InChI is InChI=1S/C34H38N4O6/c1-3-43-32(40)34-20-23(34)13-9-4-5-10-16-35-33(41)38-21-25(18-29(38)31(39)37-34)44-30-19-27(22-11-7-6-8-12-22)36-28-17-24(42-2)14-15-26(28)30/h6-9,11-15,17,19,23,25,29H,3-5,10,16,18,20-21H2,1-2H3,(H,35,41)(H,37,39)/b13-9-. The minimum atomic E-state index is -1.11. The van der Waals surface area contributed by atoms with E-state index in [1.807, 2.05) is 60.7 Å². The van der Waals surface area contributed by atoms with Crippen LogP contribution < -0.4 is 20.1 Å². The van der Waals surface area contributed by atoms with Crippen molar-refractivity contribution in [3.8, 4) is 22.8 Å². The van der Waals surface area contributed by atoms with Gasteiger partial charge in [-0.2, -0.15) is 0 Å². The molecule has 1 aromatic heterocycles. The van der Waals surface area contributed by atoms with Crippen LogP contribution in [0, 0.1) is 5.92 Å². The van der Waals surface area contributed by atoms with Gasteiger partial charge < -0.3 is 29.7 Å². The molecule has 4 atom stereocenters. The normalized spacial score (nSPS) is 26.0. The van der Waals surface area contributed by atoms with Gasteiger partial charge in [0, 0.05) is 42.0 Å². The van der Waals surface area contributed by atoms with Crippen molar-refractivity contribution < 1.29 is 28.6 Å². The van der Waals surface area contributed by atoms with Crippen molar-refractivity contribution in [2.75, 3.05) is 26.8 Å². The third-order valence-electron chi connectivity index (χ3n) is 8.61. The molecule has 0 radical (unpaired) electrons. The van der Waals surface area contributed by atoms with Gasteiger partial charge in [0.25, 0.3) is 0 Å². The molecule has 2 fully saturated rings. The van der Waals surface area contributed by atoms with Gasteiger partial charge in [-0.15, -0.1) is 0 Å². The highest BCUT2D eigenvalue weighted by molar-refractivity contribution is 5.95. The van der Waals surface area contributed by atoms with Gasteiger partial charge in [-0.1, -0.05) is 42.5 Å². The van der Waals surface area contributed by atoms with E-state index in [1.165, 1.54) is 4.90 Å². The number of pyridine rings is 1. The summed E-state index contributed by atoms with van der Waals surface area (Å²) < 4.78 is 17.4. The van der Waals surface area contributed by atoms with Gasteiger partial charge >= 0.3 is 12.0 Å². The number of allylic oxidation sites excluding steroid dienone is 1. The molecule has 4 unspecified atom stereocenters. The largest absolute Gasteiger partial charge is 0.497 e.